The van der Waals surface area contributed by atoms with E-state index in [2.05, 4.69) is 22.2 Å². The van der Waals surface area contributed by atoms with Gasteiger partial charge < -0.3 is 5.32 Å². The fraction of sp³-hybridized carbons (Fsp3) is 0.765. The second kappa shape index (κ2) is 6.36. The highest BCUT2D eigenvalue weighted by Crippen LogP contribution is 2.38. The van der Waals surface area contributed by atoms with Gasteiger partial charge in [0.25, 0.3) is 5.56 Å². The summed E-state index contributed by atoms with van der Waals surface area (Å²) in [5.41, 5.74) is 1.20. The number of nitrogens with zero attached hydrogens (tertiary/aromatic N) is 2. The molecule has 2 saturated carbocycles. The van der Waals surface area contributed by atoms with Crippen LogP contribution in [-0.2, 0) is 0 Å². The maximum absolute atomic E-state index is 12.2. The lowest BCUT2D eigenvalue weighted by atomic mass is 9.90. The third kappa shape index (κ3) is 3.25. The van der Waals surface area contributed by atoms with E-state index in [1.807, 2.05) is 6.07 Å². The van der Waals surface area contributed by atoms with Gasteiger partial charge in [-0.15, -0.1) is 0 Å². The number of thioether (sulfide) groups is 1. The molecule has 2 heterocycles. The van der Waals surface area contributed by atoms with Crippen LogP contribution in [0.25, 0.3) is 0 Å². The summed E-state index contributed by atoms with van der Waals surface area (Å²) < 4.78 is 1.79. The Hall–Kier alpha value is -0.810. The molecule has 1 atom stereocenters. The fourth-order valence-corrected chi connectivity index (χ4v) is 4.95. The third-order valence-corrected chi connectivity index (χ3v) is 6.45. The molecule has 1 aromatic rings. The van der Waals surface area contributed by atoms with E-state index in [1.165, 1.54) is 43.6 Å². The minimum absolute atomic E-state index is 0.0769. The summed E-state index contributed by atoms with van der Waals surface area (Å²) in [4.78, 5) is 12.2. The van der Waals surface area contributed by atoms with Crippen LogP contribution in [0.15, 0.2) is 16.9 Å². The largest absolute Gasteiger partial charge is 0.310 e. The zero-order chi connectivity index (χ0) is 14.9. The topological polar surface area (TPSA) is 46.9 Å². The van der Waals surface area contributed by atoms with Crippen LogP contribution in [0.4, 0.5) is 0 Å². The van der Waals surface area contributed by atoms with Crippen molar-refractivity contribution in [3.8, 4) is 0 Å². The van der Waals surface area contributed by atoms with E-state index in [0.29, 0.717) is 24.0 Å². The Kier molecular flexibility index (Phi) is 4.27. The maximum atomic E-state index is 12.2. The Morgan fingerprint density at radius 3 is 2.55 bits per heavy atom. The summed E-state index contributed by atoms with van der Waals surface area (Å²) in [5, 5.41) is 8.48. The van der Waals surface area contributed by atoms with Crippen LogP contribution in [0.5, 0.6) is 0 Å². The molecule has 3 aliphatic rings. The summed E-state index contributed by atoms with van der Waals surface area (Å²) in [6, 6.07) is 5.32. The van der Waals surface area contributed by atoms with E-state index in [0.717, 1.165) is 18.5 Å². The summed E-state index contributed by atoms with van der Waals surface area (Å²) in [6.45, 7) is 0. The van der Waals surface area contributed by atoms with Crippen molar-refractivity contribution in [2.75, 3.05) is 11.5 Å². The van der Waals surface area contributed by atoms with Crippen molar-refractivity contribution in [3.63, 3.8) is 0 Å². The summed E-state index contributed by atoms with van der Waals surface area (Å²) >= 11 is 2.06. The van der Waals surface area contributed by atoms with Gasteiger partial charge in [-0.3, -0.25) is 4.79 Å². The first-order valence-corrected chi connectivity index (χ1v) is 9.88. The first kappa shape index (κ1) is 14.8. The predicted octanol–water partition coefficient (Wildman–Crippen LogP) is 2.70. The zero-order valence-electron chi connectivity index (χ0n) is 13.0. The maximum Gasteiger partial charge on any atom is 0.267 e. The van der Waals surface area contributed by atoms with Gasteiger partial charge in [0.05, 0.1) is 11.7 Å². The lowest BCUT2D eigenvalue weighted by Crippen LogP contribution is -2.41. The van der Waals surface area contributed by atoms with Gasteiger partial charge in [0, 0.05) is 29.8 Å². The smallest absolute Gasteiger partial charge is 0.267 e. The molecular weight excluding hydrogens is 294 g/mol. The van der Waals surface area contributed by atoms with Crippen LogP contribution in [0, 0.1) is 0 Å². The first-order chi connectivity index (χ1) is 10.8. The van der Waals surface area contributed by atoms with E-state index < -0.39 is 0 Å². The molecule has 2 aliphatic carbocycles. The van der Waals surface area contributed by atoms with Gasteiger partial charge in [-0.05, 0) is 56.8 Å². The average molecular weight is 319 g/mol. The second-order valence-corrected chi connectivity index (χ2v) is 8.20. The summed E-state index contributed by atoms with van der Waals surface area (Å²) in [5.74, 6) is 3.19. The molecule has 120 valence electrons. The number of aromatic nitrogens is 2. The Morgan fingerprint density at radius 2 is 1.86 bits per heavy atom. The molecular formula is C17H25N3OS. The zero-order valence-corrected chi connectivity index (χ0v) is 13.9. The number of hydrogen-bond acceptors (Lipinski definition) is 4. The lowest BCUT2D eigenvalue weighted by Gasteiger charge is -2.31. The van der Waals surface area contributed by atoms with Gasteiger partial charge in [0.2, 0.25) is 0 Å². The molecule has 1 N–H and O–H groups in total. The molecule has 1 aromatic heterocycles. The highest BCUT2D eigenvalue weighted by Gasteiger charge is 2.29. The monoisotopic (exact) mass is 319 g/mol. The van der Waals surface area contributed by atoms with Crippen LogP contribution in [-0.4, -0.2) is 33.4 Å². The Bertz CT molecular complexity index is 570. The van der Waals surface area contributed by atoms with Gasteiger partial charge in [-0.2, -0.15) is 16.9 Å². The normalized spacial score (nSPS) is 32.3. The minimum Gasteiger partial charge on any atom is -0.310 e. The summed E-state index contributed by atoms with van der Waals surface area (Å²) in [6.07, 6.45) is 8.30. The van der Waals surface area contributed by atoms with Crippen LogP contribution < -0.4 is 10.9 Å². The Morgan fingerprint density at radius 1 is 1.05 bits per heavy atom. The van der Waals surface area contributed by atoms with Crippen LogP contribution >= 0.6 is 11.8 Å². The molecule has 0 bridgehead atoms. The molecule has 0 amide bonds. The first-order valence-electron chi connectivity index (χ1n) is 8.73. The molecule has 1 saturated heterocycles. The molecule has 0 aromatic carbocycles. The molecule has 1 aliphatic heterocycles. The van der Waals surface area contributed by atoms with Crippen molar-refractivity contribution < 1.29 is 0 Å². The molecule has 1 unspecified atom stereocenters. The Balaban J connectivity index is 1.38. The summed E-state index contributed by atoms with van der Waals surface area (Å²) in [7, 11) is 0. The minimum atomic E-state index is 0.0769. The van der Waals surface area contributed by atoms with E-state index in [4.69, 9.17) is 0 Å². The number of hydrogen-bond donors (Lipinski definition) is 1. The van der Waals surface area contributed by atoms with Crippen molar-refractivity contribution in [2.45, 2.75) is 69.0 Å². The quantitative estimate of drug-likeness (QED) is 0.927. The van der Waals surface area contributed by atoms with E-state index in [-0.39, 0.29) is 5.56 Å². The molecule has 22 heavy (non-hydrogen) atoms. The molecule has 0 radical (unpaired) electrons. The van der Waals surface area contributed by atoms with Crippen molar-refractivity contribution in [1.82, 2.24) is 15.1 Å². The van der Waals surface area contributed by atoms with E-state index in [1.54, 1.807) is 10.7 Å². The van der Waals surface area contributed by atoms with Crippen molar-refractivity contribution >= 4 is 11.8 Å². The van der Waals surface area contributed by atoms with Gasteiger partial charge in [-0.25, -0.2) is 4.68 Å². The number of rotatable bonds is 4. The molecule has 4 rings (SSSR count). The second-order valence-electron chi connectivity index (χ2n) is 7.05. The molecule has 4 nitrogen and oxygen atoms in total. The average Bonchev–Trinajstić information content (AvgIpc) is 3.27. The van der Waals surface area contributed by atoms with Gasteiger partial charge in [0.1, 0.15) is 0 Å². The van der Waals surface area contributed by atoms with E-state index >= 15 is 0 Å². The lowest BCUT2D eigenvalue weighted by molar-refractivity contribution is 0.258. The van der Waals surface area contributed by atoms with Gasteiger partial charge in [0.15, 0.2) is 0 Å². The van der Waals surface area contributed by atoms with E-state index in [9.17, 15) is 4.79 Å². The van der Waals surface area contributed by atoms with Crippen LogP contribution in [0.2, 0.25) is 0 Å². The predicted molar refractivity (Wildman–Crippen MR) is 90.6 cm³/mol. The highest BCUT2D eigenvalue weighted by molar-refractivity contribution is 7.99. The molecule has 0 spiro atoms. The SMILES string of the molecule is O=c1ccc(C2CC2)nn1C1CCC(NC2CCSC2)CC1. The van der Waals surface area contributed by atoms with Gasteiger partial charge in [-0.1, -0.05) is 0 Å². The number of nitrogens with one attached hydrogen (secondary N) is 1. The molecule has 5 heteroatoms. The Labute approximate surface area is 136 Å². The van der Waals surface area contributed by atoms with Crippen LogP contribution in [0.3, 0.4) is 0 Å². The highest BCUT2D eigenvalue weighted by atomic mass is 32.2. The van der Waals surface area contributed by atoms with Crippen LogP contribution in [0.1, 0.15) is 62.6 Å². The molecule has 3 fully saturated rings. The van der Waals surface area contributed by atoms with Crippen molar-refractivity contribution in [2.24, 2.45) is 0 Å². The van der Waals surface area contributed by atoms with Crippen molar-refractivity contribution in [3.05, 3.63) is 28.2 Å². The fourth-order valence-electron chi connectivity index (χ4n) is 3.78. The third-order valence-electron chi connectivity index (χ3n) is 5.28. The van der Waals surface area contributed by atoms with Gasteiger partial charge >= 0.3 is 0 Å². The standard InChI is InChI=1S/C17H25N3OS/c21-17-8-7-16(12-1-2-12)19-20(17)15-5-3-13(4-6-15)18-14-9-10-22-11-14/h7-8,12-15,18H,1-6,9-11H2. The van der Waals surface area contributed by atoms with Crippen molar-refractivity contribution in [1.29, 1.82) is 0 Å².